The highest BCUT2D eigenvalue weighted by Crippen LogP contribution is 2.38. The van der Waals surface area contributed by atoms with Gasteiger partial charge in [0.15, 0.2) is 11.5 Å². The van der Waals surface area contributed by atoms with Gasteiger partial charge in [0.2, 0.25) is 5.75 Å². The van der Waals surface area contributed by atoms with Crippen molar-refractivity contribution in [2.75, 3.05) is 21.3 Å². The topological polar surface area (TPSA) is 74.6 Å². The molecule has 7 nitrogen and oxygen atoms in total. The number of rotatable bonds is 8. The van der Waals surface area contributed by atoms with Gasteiger partial charge in [0.25, 0.3) is 5.91 Å². The van der Waals surface area contributed by atoms with Crippen LogP contribution in [0.4, 0.5) is 0 Å². The fourth-order valence-electron chi connectivity index (χ4n) is 3.58. The Morgan fingerprint density at radius 2 is 1.48 bits per heavy atom. The van der Waals surface area contributed by atoms with Gasteiger partial charge in [-0.25, -0.2) is 4.68 Å². The molecule has 1 amide bonds. The number of amides is 1. The Morgan fingerprint density at radius 1 is 0.879 bits per heavy atom. The molecule has 0 saturated carbocycles. The molecule has 33 heavy (non-hydrogen) atoms. The Bertz CT molecular complexity index is 1210. The van der Waals surface area contributed by atoms with E-state index in [1.807, 2.05) is 71.5 Å². The molecule has 3 aromatic carbocycles. The first-order valence-electron chi connectivity index (χ1n) is 10.4. The molecule has 0 bridgehead atoms. The van der Waals surface area contributed by atoms with Crippen LogP contribution in [0.5, 0.6) is 17.2 Å². The molecule has 0 unspecified atom stereocenters. The molecule has 0 aliphatic rings. The van der Waals surface area contributed by atoms with Gasteiger partial charge >= 0.3 is 0 Å². The van der Waals surface area contributed by atoms with E-state index < -0.39 is 0 Å². The largest absolute Gasteiger partial charge is 0.493 e. The van der Waals surface area contributed by atoms with Crippen molar-refractivity contribution < 1.29 is 19.0 Å². The molecule has 1 N–H and O–H groups in total. The van der Waals surface area contributed by atoms with Crippen molar-refractivity contribution in [3.05, 3.63) is 90.1 Å². The minimum atomic E-state index is -0.263. The maximum atomic E-state index is 13.0. The summed E-state index contributed by atoms with van der Waals surface area (Å²) in [5.41, 5.74) is 4.03. The molecule has 0 aliphatic carbocycles. The Balaban J connectivity index is 1.63. The molecule has 0 spiro atoms. The molecule has 4 rings (SSSR count). The van der Waals surface area contributed by atoms with E-state index in [4.69, 9.17) is 19.3 Å². The maximum absolute atomic E-state index is 13.0. The van der Waals surface area contributed by atoms with Crippen molar-refractivity contribution in [1.82, 2.24) is 15.1 Å². The summed E-state index contributed by atoms with van der Waals surface area (Å²) in [4.78, 5) is 13.0. The normalized spacial score (nSPS) is 10.5. The number of carbonyl (C=O) groups excluding carboxylic acids is 1. The first kappa shape index (κ1) is 22.0. The summed E-state index contributed by atoms with van der Waals surface area (Å²) in [6.45, 7) is 0.298. The van der Waals surface area contributed by atoms with Crippen molar-refractivity contribution >= 4 is 5.91 Å². The van der Waals surface area contributed by atoms with E-state index in [0.29, 0.717) is 29.4 Å². The molecule has 0 fully saturated rings. The molecule has 0 aliphatic heterocycles. The van der Waals surface area contributed by atoms with Crippen LogP contribution in [0.2, 0.25) is 0 Å². The SMILES string of the molecule is COc1cc(C(=O)NCc2cn(-c3ccccc3)nc2-c2ccccc2)cc(OC)c1OC. The second-order valence-corrected chi connectivity index (χ2v) is 7.25. The highest BCUT2D eigenvalue weighted by Gasteiger charge is 2.18. The number of benzene rings is 3. The van der Waals surface area contributed by atoms with Crippen LogP contribution in [0.3, 0.4) is 0 Å². The van der Waals surface area contributed by atoms with Crippen LogP contribution in [0, 0.1) is 0 Å². The molecular formula is C26H25N3O4. The summed E-state index contributed by atoms with van der Waals surface area (Å²) in [5.74, 6) is 1.01. The van der Waals surface area contributed by atoms with E-state index in [-0.39, 0.29) is 5.91 Å². The monoisotopic (exact) mass is 443 g/mol. The van der Waals surface area contributed by atoms with Crippen molar-refractivity contribution in [2.45, 2.75) is 6.54 Å². The molecule has 0 saturated heterocycles. The first-order valence-corrected chi connectivity index (χ1v) is 10.4. The highest BCUT2D eigenvalue weighted by atomic mass is 16.5. The average Bonchev–Trinajstić information content (AvgIpc) is 3.31. The van der Waals surface area contributed by atoms with Gasteiger partial charge in [-0.3, -0.25) is 4.79 Å². The number of hydrogen-bond acceptors (Lipinski definition) is 5. The lowest BCUT2D eigenvalue weighted by Crippen LogP contribution is -2.23. The lowest BCUT2D eigenvalue weighted by molar-refractivity contribution is 0.0950. The molecule has 1 heterocycles. The Hall–Kier alpha value is -4.26. The summed E-state index contributed by atoms with van der Waals surface area (Å²) in [6, 6.07) is 23.0. The molecule has 0 radical (unpaired) electrons. The summed E-state index contributed by atoms with van der Waals surface area (Å²) >= 11 is 0. The lowest BCUT2D eigenvalue weighted by atomic mass is 10.1. The maximum Gasteiger partial charge on any atom is 0.251 e. The second-order valence-electron chi connectivity index (χ2n) is 7.25. The van der Waals surface area contributed by atoms with Crippen LogP contribution in [-0.4, -0.2) is 37.0 Å². The Labute approximate surface area is 192 Å². The standard InChI is InChI=1S/C26H25N3O4/c1-31-22-14-19(15-23(32-2)25(22)33-3)26(30)27-16-20-17-29(21-12-8-5-9-13-21)28-24(20)18-10-6-4-7-11-18/h4-15,17H,16H2,1-3H3,(H,27,30). The zero-order chi connectivity index (χ0) is 23.2. The molecule has 1 aromatic heterocycles. The van der Waals surface area contributed by atoms with Crippen LogP contribution in [0.1, 0.15) is 15.9 Å². The second kappa shape index (κ2) is 9.91. The molecule has 4 aromatic rings. The van der Waals surface area contributed by atoms with Gasteiger partial charge in [-0.2, -0.15) is 5.10 Å². The van der Waals surface area contributed by atoms with Gasteiger partial charge in [-0.1, -0.05) is 48.5 Å². The van der Waals surface area contributed by atoms with Gasteiger partial charge in [-0.05, 0) is 24.3 Å². The molecule has 7 heteroatoms. The number of carbonyl (C=O) groups is 1. The highest BCUT2D eigenvalue weighted by molar-refractivity contribution is 5.95. The third-order valence-corrected chi connectivity index (χ3v) is 5.22. The Morgan fingerprint density at radius 3 is 2.06 bits per heavy atom. The zero-order valence-corrected chi connectivity index (χ0v) is 18.7. The molecular weight excluding hydrogens is 418 g/mol. The van der Waals surface area contributed by atoms with E-state index in [1.54, 1.807) is 12.1 Å². The van der Waals surface area contributed by atoms with E-state index in [9.17, 15) is 4.79 Å². The fraction of sp³-hybridized carbons (Fsp3) is 0.154. The van der Waals surface area contributed by atoms with Crippen LogP contribution in [0.15, 0.2) is 79.0 Å². The summed E-state index contributed by atoms with van der Waals surface area (Å²) < 4.78 is 17.9. The third kappa shape index (κ3) is 4.67. The van der Waals surface area contributed by atoms with Gasteiger partial charge < -0.3 is 19.5 Å². The van der Waals surface area contributed by atoms with Gasteiger partial charge in [0.1, 0.15) is 0 Å². The quantitative estimate of drug-likeness (QED) is 0.434. The predicted octanol–water partition coefficient (Wildman–Crippen LogP) is 4.50. The number of hydrogen-bond donors (Lipinski definition) is 1. The summed E-state index contributed by atoms with van der Waals surface area (Å²) in [7, 11) is 4.56. The van der Waals surface area contributed by atoms with Crippen molar-refractivity contribution in [3.63, 3.8) is 0 Å². The van der Waals surface area contributed by atoms with Crippen LogP contribution in [0.25, 0.3) is 16.9 Å². The van der Waals surface area contributed by atoms with E-state index in [1.165, 1.54) is 21.3 Å². The fourth-order valence-corrected chi connectivity index (χ4v) is 3.58. The number of nitrogens with zero attached hydrogens (tertiary/aromatic N) is 2. The van der Waals surface area contributed by atoms with Crippen LogP contribution < -0.4 is 19.5 Å². The van der Waals surface area contributed by atoms with Gasteiger partial charge in [0, 0.05) is 29.4 Å². The third-order valence-electron chi connectivity index (χ3n) is 5.22. The van der Waals surface area contributed by atoms with E-state index >= 15 is 0 Å². The van der Waals surface area contributed by atoms with Crippen LogP contribution >= 0.6 is 0 Å². The van der Waals surface area contributed by atoms with Crippen molar-refractivity contribution in [1.29, 1.82) is 0 Å². The van der Waals surface area contributed by atoms with Crippen LogP contribution in [-0.2, 0) is 6.54 Å². The number of methoxy groups -OCH3 is 3. The van der Waals surface area contributed by atoms with Gasteiger partial charge in [-0.15, -0.1) is 0 Å². The molecule has 168 valence electrons. The average molecular weight is 444 g/mol. The smallest absolute Gasteiger partial charge is 0.251 e. The van der Waals surface area contributed by atoms with Crippen molar-refractivity contribution in [3.8, 4) is 34.2 Å². The minimum absolute atomic E-state index is 0.263. The van der Waals surface area contributed by atoms with E-state index in [2.05, 4.69) is 5.32 Å². The predicted molar refractivity (Wildman–Crippen MR) is 126 cm³/mol. The zero-order valence-electron chi connectivity index (χ0n) is 18.7. The number of aromatic nitrogens is 2. The first-order chi connectivity index (χ1) is 16.1. The summed E-state index contributed by atoms with van der Waals surface area (Å²) in [5, 5.41) is 7.77. The Kier molecular flexibility index (Phi) is 6.59. The number of ether oxygens (including phenoxy) is 3. The summed E-state index contributed by atoms with van der Waals surface area (Å²) in [6.07, 6.45) is 1.94. The van der Waals surface area contributed by atoms with Gasteiger partial charge in [0.05, 0.1) is 32.7 Å². The van der Waals surface area contributed by atoms with Crippen molar-refractivity contribution in [2.24, 2.45) is 0 Å². The molecule has 0 atom stereocenters. The minimum Gasteiger partial charge on any atom is -0.493 e. The number of para-hydroxylation sites is 1. The number of nitrogens with one attached hydrogen (secondary N) is 1. The lowest BCUT2D eigenvalue weighted by Gasteiger charge is -2.14. The van der Waals surface area contributed by atoms with E-state index in [0.717, 1.165) is 22.5 Å².